The van der Waals surface area contributed by atoms with Crippen molar-refractivity contribution in [1.82, 2.24) is 0 Å². The summed E-state index contributed by atoms with van der Waals surface area (Å²) in [5.74, 6) is 0.856. The van der Waals surface area contributed by atoms with E-state index in [1.165, 1.54) is 0 Å². The minimum atomic E-state index is 0.561. The van der Waals surface area contributed by atoms with Crippen LogP contribution in [-0.2, 0) is 0 Å². The lowest BCUT2D eigenvalue weighted by atomic mass is 10.1. The summed E-state index contributed by atoms with van der Waals surface area (Å²) in [4.78, 5) is 1.99. The maximum Gasteiger partial charge on any atom is 0.121 e. The zero-order valence-electron chi connectivity index (χ0n) is 11.8. The number of nitrogens with two attached hydrogens (primary N) is 1. The van der Waals surface area contributed by atoms with Gasteiger partial charge >= 0.3 is 0 Å². The van der Waals surface area contributed by atoms with Crippen molar-refractivity contribution >= 4 is 17.1 Å². The molecule has 0 radical (unpaired) electrons. The molecule has 2 N–H and O–H groups in total. The Bertz CT molecular complexity index is 674. The Hall–Kier alpha value is -2.67. The van der Waals surface area contributed by atoms with Crippen molar-refractivity contribution < 1.29 is 4.74 Å². The second-order valence-electron chi connectivity index (χ2n) is 4.60. The predicted molar refractivity (Wildman–Crippen MR) is 81.4 cm³/mol. The molecule has 0 aromatic heterocycles. The van der Waals surface area contributed by atoms with Gasteiger partial charge in [-0.15, -0.1) is 0 Å². The second-order valence-corrected chi connectivity index (χ2v) is 4.60. The van der Waals surface area contributed by atoms with E-state index in [9.17, 15) is 0 Å². The van der Waals surface area contributed by atoms with E-state index in [4.69, 9.17) is 15.7 Å². The van der Waals surface area contributed by atoms with Gasteiger partial charge in [-0.05, 0) is 48.9 Å². The summed E-state index contributed by atoms with van der Waals surface area (Å²) in [6, 6.07) is 13.3. The van der Waals surface area contributed by atoms with Crippen molar-refractivity contribution in [3.8, 4) is 11.8 Å². The quantitative estimate of drug-likeness (QED) is 0.867. The van der Waals surface area contributed by atoms with Crippen LogP contribution in [0.25, 0.3) is 0 Å². The summed E-state index contributed by atoms with van der Waals surface area (Å²) in [6.45, 7) is 2.00. The van der Waals surface area contributed by atoms with E-state index in [-0.39, 0.29) is 0 Å². The normalized spacial score (nSPS) is 9.90. The van der Waals surface area contributed by atoms with Gasteiger partial charge in [-0.25, -0.2) is 0 Å². The summed E-state index contributed by atoms with van der Waals surface area (Å²) in [5, 5.41) is 8.87. The minimum Gasteiger partial charge on any atom is -0.496 e. The standard InChI is InChI=1S/C16H17N3O/c1-11-8-13(5-7-16(11)20-3)19(2)15-6-4-12(10-17)9-14(15)18/h4-9H,18H2,1-3H3. The smallest absolute Gasteiger partial charge is 0.121 e. The first-order valence-electron chi connectivity index (χ1n) is 6.25. The number of anilines is 3. The van der Waals surface area contributed by atoms with Gasteiger partial charge < -0.3 is 15.4 Å². The van der Waals surface area contributed by atoms with Crippen molar-refractivity contribution in [1.29, 1.82) is 5.26 Å². The van der Waals surface area contributed by atoms with E-state index in [0.717, 1.165) is 22.7 Å². The van der Waals surface area contributed by atoms with E-state index >= 15 is 0 Å². The molecule has 102 valence electrons. The highest BCUT2D eigenvalue weighted by atomic mass is 16.5. The molecule has 0 fully saturated rings. The van der Waals surface area contributed by atoms with E-state index in [2.05, 4.69) is 6.07 Å². The molecule has 0 aliphatic carbocycles. The summed E-state index contributed by atoms with van der Waals surface area (Å²) in [7, 11) is 3.60. The number of hydrogen-bond donors (Lipinski definition) is 1. The second kappa shape index (κ2) is 5.54. The molecular formula is C16H17N3O. The maximum absolute atomic E-state index is 8.87. The molecule has 0 heterocycles. The first-order valence-corrected chi connectivity index (χ1v) is 6.25. The fourth-order valence-electron chi connectivity index (χ4n) is 2.14. The summed E-state index contributed by atoms with van der Waals surface area (Å²) < 4.78 is 5.26. The van der Waals surface area contributed by atoms with Crippen molar-refractivity contribution in [2.45, 2.75) is 6.92 Å². The molecular weight excluding hydrogens is 250 g/mol. The molecule has 2 rings (SSSR count). The molecule has 2 aromatic rings. The molecule has 0 aliphatic rings. The van der Waals surface area contributed by atoms with Gasteiger partial charge in [0.15, 0.2) is 0 Å². The molecule has 0 aliphatic heterocycles. The Morgan fingerprint density at radius 3 is 2.50 bits per heavy atom. The van der Waals surface area contributed by atoms with Crippen molar-refractivity contribution in [2.24, 2.45) is 0 Å². The number of benzene rings is 2. The largest absolute Gasteiger partial charge is 0.496 e. The number of hydrogen-bond acceptors (Lipinski definition) is 4. The van der Waals surface area contributed by atoms with Crippen molar-refractivity contribution in [2.75, 3.05) is 24.8 Å². The number of nitrogens with zero attached hydrogens (tertiary/aromatic N) is 2. The highest BCUT2D eigenvalue weighted by Crippen LogP contribution is 2.32. The first-order chi connectivity index (χ1) is 9.56. The molecule has 0 spiro atoms. The number of methoxy groups -OCH3 is 1. The SMILES string of the molecule is COc1ccc(N(C)c2ccc(C#N)cc2N)cc1C. The number of rotatable bonds is 3. The topological polar surface area (TPSA) is 62.3 Å². The third kappa shape index (κ3) is 2.52. The minimum absolute atomic E-state index is 0.561. The van der Waals surface area contributed by atoms with Crippen LogP contribution >= 0.6 is 0 Å². The molecule has 0 saturated carbocycles. The number of ether oxygens (including phenoxy) is 1. The number of nitriles is 1. The molecule has 4 heteroatoms. The zero-order valence-corrected chi connectivity index (χ0v) is 11.8. The van der Waals surface area contributed by atoms with E-state index < -0.39 is 0 Å². The third-order valence-electron chi connectivity index (χ3n) is 3.28. The summed E-state index contributed by atoms with van der Waals surface area (Å²) in [5.41, 5.74) is 10.1. The van der Waals surface area contributed by atoms with Crippen LogP contribution in [-0.4, -0.2) is 14.2 Å². The average Bonchev–Trinajstić information content (AvgIpc) is 2.46. The van der Waals surface area contributed by atoms with Gasteiger partial charge in [-0.1, -0.05) is 0 Å². The van der Waals surface area contributed by atoms with Crippen LogP contribution in [0, 0.1) is 18.3 Å². The number of nitrogen functional groups attached to an aromatic ring is 1. The van der Waals surface area contributed by atoms with E-state index in [0.29, 0.717) is 11.3 Å². The van der Waals surface area contributed by atoms with Gasteiger partial charge in [-0.3, -0.25) is 0 Å². The highest BCUT2D eigenvalue weighted by molar-refractivity contribution is 5.76. The molecule has 0 saturated heterocycles. The lowest BCUT2D eigenvalue weighted by Crippen LogP contribution is -2.12. The van der Waals surface area contributed by atoms with E-state index in [1.807, 2.05) is 43.1 Å². The van der Waals surface area contributed by atoms with Crippen LogP contribution in [0.5, 0.6) is 5.75 Å². The Labute approximate surface area is 119 Å². The van der Waals surface area contributed by atoms with Crippen LogP contribution in [0.2, 0.25) is 0 Å². The van der Waals surface area contributed by atoms with Crippen molar-refractivity contribution in [3.63, 3.8) is 0 Å². The Balaban J connectivity index is 2.39. The van der Waals surface area contributed by atoms with Crippen LogP contribution in [0.15, 0.2) is 36.4 Å². The fourth-order valence-corrected chi connectivity index (χ4v) is 2.14. The van der Waals surface area contributed by atoms with Crippen molar-refractivity contribution in [3.05, 3.63) is 47.5 Å². The van der Waals surface area contributed by atoms with Gasteiger partial charge in [-0.2, -0.15) is 5.26 Å². The van der Waals surface area contributed by atoms with Gasteiger partial charge in [0, 0.05) is 12.7 Å². The summed E-state index contributed by atoms with van der Waals surface area (Å²) >= 11 is 0. The Morgan fingerprint density at radius 1 is 1.20 bits per heavy atom. The number of aryl methyl sites for hydroxylation is 1. The Kier molecular flexibility index (Phi) is 3.81. The first kappa shape index (κ1) is 13.8. The lowest BCUT2D eigenvalue weighted by molar-refractivity contribution is 0.412. The third-order valence-corrected chi connectivity index (χ3v) is 3.28. The highest BCUT2D eigenvalue weighted by Gasteiger charge is 2.10. The molecule has 4 nitrogen and oxygen atoms in total. The van der Waals surface area contributed by atoms with E-state index in [1.54, 1.807) is 19.2 Å². The lowest BCUT2D eigenvalue weighted by Gasteiger charge is -2.22. The Morgan fingerprint density at radius 2 is 1.95 bits per heavy atom. The van der Waals surface area contributed by atoms with Crippen LogP contribution < -0.4 is 15.4 Å². The van der Waals surface area contributed by atoms with Gasteiger partial charge in [0.2, 0.25) is 0 Å². The average molecular weight is 267 g/mol. The fraction of sp³-hybridized carbons (Fsp3) is 0.188. The van der Waals surface area contributed by atoms with Crippen LogP contribution in [0.1, 0.15) is 11.1 Å². The molecule has 0 unspecified atom stereocenters. The van der Waals surface area contributed by atoms with Gasteiger partial charge in [0.1, 0.15) is 5.75 Å². The monoisotopic (exact) mass is 267 g/mol. The molecule has 0 atom stereocenters. The molecule has 2 aromatic carbocycles. The molecule has 0 bridgehead atoms. The van der Waals surface area contributed by atoms with Gasteiger partial charge in [0.25, 0.3) is 0 Å². The zero-order chi connectivity index (χ0) is 14.7. The predicted octanol–water partition coefficient (Wildman–Crippen LogP) is 3.23. The molecule has 20 heavy (non-hydrogen) atoms. The summed E-state index contributed by atoms with van der Waals surface area (Å²) in [6.07, 6.45) is 0. The van der Waals surface area contributed by atoms with Crippen LogP contribution in [0.3, 0.4) is 0 Å². The molecule has 0 amide bonds. The van der Waals surface area contributed by atoms with Gasteiger partial charge in [0.05, 0.1) is 30.1 Å². The van der Waals surface area contributed by atoms with Crippen LogP contribution in [0.4, 0.5) is 17.1 Å². The maximum atomic E-state index is 8.87.